The lowest BCUT2D eigenvalue weighted by molar-refractivity contribution is -0.114. The standard InChI is InChI=1S/C30H60BN3O3/c1-25(2)16-22(17-26(3,4)32(25)13)35-31(36-23-18-27(5,6)33(14)28(7,8)19-23)37-24-20-29(9,10)34(15)30(11,12)21-24/h22-24H,16-21H2,1-15H3. The summed E-state index contributed by atoms with van der Waals surface area (Å²) < 4.78 is 20.5. The fourth-order valence-electron chi connectivity index (χ4n) is 7.70. The molecule has 3 aliphatic heterocycles. The van der Waals surface area contributed by atoms with Crippen molar-refractivity contribution in [2.45, 2.75) is 173 Å². The zero-order valence-corrected chi connectivity index (χ0v) is 27.1. The van der Waals surface area contributed by atoms with Crippen LogP contribution in [0, 0.1) is 0 Å². The summed E-state index contributed by atoms with van der Waals surface area (Å²) in [7, 11) is 6.07. The molecular weight excluding hydrogens is 461 g/mol. The third kappa shape index (κ3) is 6.77. The van der Waals surface area contributed by atoms with Gasteiger partial charge in [-0.05, 0) is 143 Å². The van der Waals surface area contributed by atoms with E-state index in [1.807, 2.05) is 0 Å². The molecule has 216 valence electrons. The van der Waals surface area contributed by atoms with E-state index < -0.39 is 7.32 Å². The summed E-state index contributed by atoms with van der Waals surface area (Å²) in [5.41, 5.74) is 0.286. The van der Waals surface area contributed by atoms with Crippen LogP contribution in [-0.4, -0.2) is 94.7 Å². The predicted molar refractivity (Wildman–Crippen MR) is 156 cm³/mol. The van der Waals surface area contributed by atoms with Gasteiger partial charge in [-0.1, -0.05) is 0 Å². The first-order valence-electron chi connectivity index (χ1n) is 14.7. The molecule has 0 N–H and O–H groups in total. The van der Waals surface area contributed by atoms with Gasteiger partial charge in [0.05, 0.1) is 0 Å². The van der Waals surface area contributed by atoms with E-state index in [0.717, 1.165) is 38.5 Å². The van der Waals surface area contributed by atoms with Crippen molar-refractivity contribution in [2.24, 2.45) is 0 Å². The van der Waals surface area contributed by atoms with Crippen molar-refractivity contribution in [1.29, 1.82) is 0 Å². The smallest absolute Gasteiger partial charge is 0.383 e. The minimum atomic E-state index is -0.653. The van der Waals surface area contributed by atoms with Gasteiger partial charge in [0.2, 0.25) is 0 Å². The highest BCUT2D eigenvalue weighted by molar-refractivity contribution is 6.36. The molecule has 6 nitrogen and oxygen atoms in total. The zero-order valence-electron chi connectivity index (χ0n) is 27.1. The molecule has 3 aliphatic rings. The average molecular weight is 522 g/mol. The first kappa shape index (κ1) is 31.4. The Kier molecular flexibility index (Phi) is 8.50. The Morgan fingerprint density at radius 2 is 0.568 bits per heavy atom. The Morgan fingerprint density at radius 3 is 0.730 bits per heavy atom. The fraction of sp³-hybridized carbons (Fsp3) is 1.00. The highest BCUT2D eigenvalue weighted by Gasteiger charge is 2.50. The first-order chi connectivity index (χ1) is 16.5. The molecule has 0 amide bonds. The molecule has 0 aliphatic carbocycles. The van der Waals surface area contributed by atoms with Gasteiger partial charge in [-0.3, -0.25) is 14.7 Å². The van der Waals surface area contributed by atoms with Gasteiger partial charge in [0.1, 0.15) is 0 Å². The highest BCUT2D eigenvalue weighted by atomic mass is 16.7. The van der Waals surface area contributed by atoms with Crippen LogP contribution in [0.25, 0.3) is 0 Å². The van der Waals surface area contributed by atoms with Crippen molar-refractivity contribution in [3.05, 3.63) is 0 Å². The van der Waals surface area contributed by atoms with Gasteiger partial charge in [-0.15, -0.1) is 0 Å². The maximum atomic E-state index is 6.84. The Labute approximate surface area is 230 Å². The Hall–Kier alpha value is -0.175. The van der Waals surface area contributed by atoms with Crippen molar-refractivity contribution in [3.63, 3.8) is 0 Å². The van der Waals surface area contributed by atoms with Crippen LogP contribution >= 0.6 is 0 Å². The maximum absolute atomic E-state index is 6.84. The minimum Gasteiger partial charge on any atom is -0.383 e. The van der Waals surface area contributed by atoms with Gasteiger partial charge in [0.25, 0.3) is 0 Å². The summed E-state index contributed by atoms with van der Waals surface area (Å²) >= 11 is 0. The third-order valence-corrected chi connectivity index (χ3v) is 10.7. The minimum absolute atomic E-state index is 0.0477. The number of piperidine rings is 3. The van der Waals surface area contributed by atoms with Crippen LogP contribution in [0.1, 0.15) is 122 Å². The lowest BCUT2D eigenvalue weighted by Crippen LogP contribution is -2.63. The fourth-order valence-corrected chi connectivity index (χ4v) is 7.70. The SMILES string of the molecule is CN1C(C)(C)CC(OB(OC2CC(C)(C)N(C)C(C)(C)C2)OC2CC(C)(C)N(C)C(C)(C)C2)CC1(C)C. The quantitative estimate of drug-likeness (QED) is 0.401. The van der Waals surface area contributed by atoms with Gasteiger partial charge in [0, 0.05) is 51.5 Å². The van der Waals surface area contributed by atoms with Crippen molar-refractivity contribution in [3.8, 4) is 0 Å². The van der Waals surface area contributed by atoms with Crippen LogP contribution < -0.4 is 0 Å². The van der Waals surface area contributed by atoms with Crippen LogP contribution in [0.2, 0.25) is 0 Å². The van der Waals surface area contributed by atoms with E-state index in [0.29, 0.717) is 0 Å². The molecule has 3 heterocycles. The van der Waals surface area contributed by atoms with E-state index in [2.05, 4.69) is 119 Å². The summed E-state index contributed by atoms with van der Waals surface area (Å²) in [6, 6.07) is 0. The van der Waals surface area contributed by atoms with E-state index in [4.69, 9.17) is 14.0 Å². The number of likely N-dealkylation sites (tertiary alicyclic amines) is 3. The molecular formula is C30H60BN3O3. The number of nitrogens with zero attached hydrogens (tertiary/aromatic N) is 3. The van der Waals surface area contributed by atoms with Gasteiger partial charge >= 0.3 is 7.32 Å². The second-order valence-electron chi connectivity index (χ2n) is 16.3. The molecule has 3 rings (SSSR count). The van der Waals surface area contributed by atoms with E-state index in [-0.39, 0.29) is 51.5 Å². The molecule has 7 heteroatoms. The molecule has 0 aromatic rings. The number of hydrogen-bond donors (Lipinski definition) is 0. The van der Waals surface area contributed by atoms with Crippen molar-refractivity contribution in [2.75, 3.05) is 21.1 Å². The van der Waals surface area contributed by atoms with E-state index >= 15 is 0 Å². The molecule has 0 aromatic carbocycles. The summed E-state index contributed by atoms with van der Waals surface area (Å²) in [6.45, 7) is 27.9. The average Bonchev–Trinajstić information content (AvgIpc) is 2.67. The number of hydrogen-bond acceptors (Lipinski definition) is 6. The molecule has 0 aromatic heterocycles. The largest absolute Gasteiger partial charge is 0.640 e. The molecule has 3 fully saturated rings. The topological polar surface area (TPSA) is 37.4 Å². The lowest BCUT2D eigenvalue weighted by Gasteiger charge is -2.55. The molecule has 0 saturated carbocycles. The first-order valence-corrected chi connectivity index (χ1v) is 14.7. The normalized spacial score (nSPS) is 30.9. The van der Waals surface area contributed by atoms with Crippen molar-refractivity contribution in [1.82, 2.24) is 14.7 Å². The van der Waals surface area contributed by atoms with Crippen molar-refractivity contribution < 1.29 is 14.0 Å². The zero-order chi connectivity index (χ0) is 28.4. The molecule has 0 spiro atoms. The van der Waals surface area contributed by atoms with Crippen LogP contribution in [0.4, 0.5) is 0 Å². The van der Waals surface area contributed by atoms with Gasteiger partial charge in [-0.25, -0.2) is 0 Å². The van der Waals surface area contributed by atoms with Crippen molar-refractivity contribution >= 4 is 7.32 Å². The molecule has 0 atom stereocenters. The van der Waals surface area contributed by atoms with Gasteiger partial charge in [0.15, 0.2) is 0 Å². The summed E-state index contributed by atoms with van der Waals surface area (Å²) in [6.07, 6.45) is 6.05. The van der Waals surface area contributed by atoms with Crippen LogP contribution in [0.3, 0.4) is 0 Å². The summed E-state index contributed by atoms with van der Waals surface area (Å²) in [4.78, 5) is 7.50. The highest BCUT2D eigenvalue weighted by Crippen LogP contribution is 2.42. The van der Waals surface area contributed by atoms with Gasteiger partial charge < -0.3 is 14.0 Å². The van der Waals surface area contributed by atoms with Crippen LogP contribution in [0.15, 0.2) is 0 Å². The maximum Gasteiger partial charge on any atom is 0.640 e. The predicted octanol–water partition coefficient (Wildman–Crippen LogP) is 5.98. The molecule has 0 unspecified atom stereocenters. The van der Waals surface area contributed by atoms with Gasteiger partial charge in [-0.2, -0.15) is 0 Å². The molecule has 3 saturated heterocycles. The Bertz CT molecular complexity index is 651. The molecule has 0 radical (unpaired) electrons. The van der Waals surface area contributed by atoms with Crippen LogP contribution in [0.5, 0.6) is 0 Å². The molecule has 37 heavy (non-hydrogen) atoms. The second kappa shape index (κ2) is 10.0. The Morgan fingerprint density at radius 1 is 0.405 bits per heavy atom. The second-order valence-corrected chi connectivity index (χ2v) is 16.3. The summed E-state index contributed by atoms with van der Waals surface area (Å²) in [5, 5.41) is 0. The molecule has 0 bridgehead atoms. The monoisotopic (exact) mass is 521 g/mol. The number of rotatable bonds is 6. The lowest BCUT2D eigenvalue weighted by atomic mass is 9.77. The summed E-state index contributed by atoms with van der Waals surface area (Å²) in [5.74, 6) is 0. The third-order valence-electron chi connectivity index (χ3n) is 10.7. The van der Waals surface area contributed by atoms with E-state index in [9.17, 15) is 0 Å². The van der Waals surface area contributed by atoms with E-state index in [1.54, 1.807) is 0 Å². The Balaban J connectivity index is 1.84. The van der Waals surface area contributed by atoms with E-state index in [1.165, 1.54) is 0 Å². The van der Waals surface area contributed by atoms with Crippen LogP contribution in [-0.2, 0) is 14.0 Å².